The molecule has 0 aromatic rings. The minimum atomic E-state index is 0.00824. The van der Waals surface area contributed by atoms with Gasteiger partial charge in [0.1, 0.15) is 0 Å². The second-order valence-electron chi connectivity index (χ2n) is 6.00. The van der Waals surface area contributed by atoms with Crippen LogP contribution in [0.25, 0.3) is 0 Å². The molecule has 0 bridgehead atoms. The average molecular weight is 213 g/mol. The van der Waals surface area contributed by atoms with Gasteiger partial charge in [-0.05, 0) is 53.6 Å². The van der Waals surface area contributed by atoms with Crippen molar-refractivity contribution in [3.8, 4) is 0 Å². The van der Waals surface area contributed by atoms with Crippen LogP contribution in [0.2, 0.25) is 0 Å². The second-order valence-corrected chi connectivity index (χ2v) is 6.00. The van der Waals surface area contributed by atoms with Gasteiger partial charge in [0, 0.05) is 6.04 Å². The van der Waals surface area contributed by atoms with E-state index in [9.17, 15) is 0 Å². The van der Waals surface area contributed by atoms with Gasteiger partial charge in [0.2, 0.25) is 0 Å². The Balaban J connectivity index is 2.43. The maximum atomic E-state index is 5.92. The van der Waals surface area contributed by atoms with Gasteiger partial charge in [-0.2, -0.15) is 0 Å². The minimum Gasteiger partial charge on any atom is -0.376 e. The summed E-state index contributed by atoms with van der Waals surface area (Å²) < 4.78 is 5.92. The highest BCUT2D eigenvalue weighted by Crippen LogP contribution is 2.28. The van der Waals surface area contributed by atoms with E-state index in [1.54, 1.807) is 0 Å². The number of rotatable bonds is 3. The van der Waals surface area contributed by atoms with Gasteiger partial charge in [0.15, 0.2) is 0 Å². The lowest BCUT2D eigenvalue weighted by Gasteiger charge is -2.37. The maximum absolute atomic E-state index is 5.92. The lowest BCUT2D eigenvalue weighted by molar-refractivity contribution is -0.0428. The Labute approximate surface area is 95.0 Å². The molecular weight excluding hydrogens is 186 g/mol. The fraction of sp³-hybridized carbons (Fsp3) is 1.00. The van der Waals surface area contributed by atoms with E-state index in [4.69, 9.17) is 4.74 Å². The number of hydrogen-bond donors (Lipinski definition) is 0. The van der Waals surface area contributed by atoms with E-state index in [0.29, 0.717) is 0 Å². The Morgan fingerprint density at radius 1 is 1.13 bits per heavy atom. The quantitative estimate of drug-likeness (QED) is 0.714. The van der Waals surface area contributed by atoms with Crippen LogP contribution in [0.5, 0.6) is 0 Å². The molecule has 1 aliphatic rings. The van der Waals surface area contributed by atoms with Crippen LogP contribution in [-0.2, 0) is 4.74 Å². The first-order chi connectivity index (χ1) is 6.90. The summed E-state index contributed by atoms with van der Waals surface area (Å²) >= 11 is 0. The normalized spacial score (nSPS) is 28.4. The summed E-state index contributed by atoms with van der Waals surface area (Å²) in [6.07, 6.45) is 5.43. The molecule has 1 aliphatic carbocycles. The van der Waals surface area contributed by atoms with Crippen molar-refractivity contribution in [1.82, 2.24) is 4.90 Å². The van der Waals surface area contributed by atoms with Crippen molar-refractivity contribution in [2.75, 3.05) is 20.7 Å². The fourth-order valence-electron chi connectivity index (χ4n) is 2.42. The highest BCUT2D eigenvalue weighted by atomic mass is 16.5. The molecule has 1 fully saturated rings. The van der Waals surface area contributed by atoms with Gasteiger partial charge >= 0.3 is 0 Å². The van der Waals surface area contributed by atoms with Crippen LogP contribution in [0.15, 0.2) is 0 Å². The first-order valence-corrected chi connectivity index (χ1v) is 6.20. The number of ether oxygens (including phenoxy) is 1. The third-order valence-corrected chi connectivity index (χ3v) is 3.26. The van der Waals surface area contributed by atoms with Gasteiger partial charge in [-0.3, -0.25) is 0 Å². The van der Waals surface area contributed by atoms with Gasteiger partial charge in [-0.15, -0.1) is 0 Å². The topological polar surface area (TPSA) is 12.5 Å². The highest BCUT2D eigenvalue weighted by Gasteiger charge is 2.27. The molecule has 90 valence electrons. The Bertz CT molecular complexity index is 183. The molecule has 0 aromatic carbocycles. The molecule has 15 heavy (non-hydrogen) atoms. The molecule has 0 heterocycles. The predicted molar refractivity (Wildman–Crippen MR) is 65.1 cm³/mol. The maximum Gasteiger partial charge on any atom is 0.0598 e. The first kappa shape index (κ1) is 13.0. The molecule has 0 N–H and O–H groups in total. The minimum absolute atomic E-state index is 0.00824. The summed E-state index contributed by atoms with van der Waals surface area (Å²) in [7, 11) is 4.39. The Morgan fingerprint density at radius 3 is 2.27 bits per heavy atom. The van der Waals surface area contributed by atoms with E-state index in [0.717, 1.165) is 18.6 Å². The van der Waals surface area contributed by atoms with E-state index < -0.39 is 0 Å². The largest absolute Gasteiger partial charge is 0.376 e. The smallest absolute Gasteiger partial charge is 0.0598 e. The van der Waals surface area contributed by atoms with Crippen molar-refractivity contribution in [2.45, 2.75) is 58.1 Å². The summed E-state index contributed by atoms with van der Waals surface area (Å²) in [5.74, 6) is 0.730. The van der Waals surface area contributed by atoms with Crippen LogP contribution in [0.4, 0.5) is 0 Å². The summed E-state index contributed by atoms with van der Waals surface area (Å²) in [6, 6.07) is 0.723. The highest BCUT2D eigenvalue weighted by molar-refractivity contribution is 4.81. The predicted octanol–water partition coefficient (Wildman–Crippen LogP) is 2.92. The van der Waals surface area contributed by atoms with Crippen molar-refractivity contribution in [2.24, 2.45) is 5.92 Å². The fourth-order valence-corrected chi connectivity index (χ4v) is 2.42. The van der Waals surface area contributed by atoms with Crippen molar-refractivity contribution in [1.29, 1.82) is 0 Å². The zero-order valence-electron chi connectivity index (χ0n) is 11.0. The summed E-state index contributed by atoms with van der Waals surface area (Å²) in [6.45, 7) is 7.34. The Kier molecular flexibility index (Phi) is 4.60. The van der Waals surface area contributed by atoms with Crippen molar-refractivity contribution >= 4 is 0 Å². The number of hydrogen-bond acceptors (Lipinski definition) is 2. The molecule has 2 atom stereocenters. The van der Waals surface area contributed by atoms with Crippen LogP contribution in [0.3, 0.4) is 0 Å². The number of nitrogens with zero attached hydrogens (tertiary/aromatic N) is 1. The molecule has 0 aromatic heterocycles. The van der Waals surface area contributed by atoms with E-state index in [-0.39, 0.29) is 5.60 Å². The van der Waals surface area contributed by atoms with E-state index in [1.807, 2.05) is 0 Å². The molecule has 1 saturated carbocycles. The van der Waals surface area contributed by atoms with Crippen LogP contribution < -0.4 is 0 Å². The third kappa shape index (κ3) is 4.52. The van der Waals surface area contributed by atoms with Crippen molar-refractivity contribution < 1.29 is 4.74 Å². The first-order valence-electron chi connectivity index (χ1n) is 6.20. The van der Waals surface area contributed by atoms with Gasteiger partial charge in [-0.1, -0.05) is 12.8 Å². The molecule has 2 heteroatoms. The molecule has 2 nitrogen and oxygen atoms in total. The second kappa shape index (κ2) is 5.31. The lowest BCUT2D eigenvalue weighted by Crippen LogP contribution is -2.41. The molecule has 0 radical (unpaired) electrons. The zero-order valence-corrected chi connectivity index (χ0v) is 11.0. The van der Waals surface area contributed by atoms with Gasteiger partial charge in [-0.25, -0.2) is 0 Å². The molecule has 0 saturated heterocycles. The molecule has 1 rings (SSSR count). The van der Waals surface area contributed by atoms with E-state index in [1.165, 1.54) is 25.7 Å². The van der Waals surface area contributed by atoms with Gasteiger partial charge in [0.05, 0.1) is 12.2 Å². The van der Waals surface area contributed by atoms with Crippen LogP contribution in [-0.4, -0.2) is 37.2 Å². The van der Waals surface area contributed by atoms with E-state index >= 15 is 0 Å². The van der Waals surface area contributed by atoms with Gasteiger partial charge < -0.3 is 9.64 Å². The summed E-state index contributed by atoms with van der Waals surface area (Å²) in [4.78, 5) is 2.37. The SMILES string of the molecule is CN(C)C1CCCCC1COC(C)(C)C. The summed E-state index contributed by atoms with van der Waals surface area (Å²) in [5, 5.41) is 0. The third-order valence-electron chi connectivity index (χ3n) is 3.26. The monoisotopic (exact) mass is 213 g/mol. The van der Waals surface area contributed by atoms with E-state index in [2.05, 4.69) is 39.8 Å². The molecule has 2 unspecified atom stereocenters. The van der Waals surface area contributed by atoms with Crippen molar-refractivity contribution in [3.63, 3.8) is 0 Å². The average Bonchev–Trinajstić information content (AvgIpc) is 2.14. The summed E-state index contributed by atoms with van der Waals surface area (Å²) in [5.41, 5.74) is 0.00824. The Hall–Kier alpha value is -0.0800. The molecule has 0 aliphatic heterocycles. The molecule has 0 spiro atoms. The zero-order chi connectivity index (χ0) is 11.5. The van der Waals surface area contributed by atoms with Crippen LogP contribution in [0, 0.1) is 5.92 Å². The van der Waals surface area contributed by atoms with Crippen LogP contribution >= 0.6 is 0 Å². The standard InChI is InChI=1S/C13H27NO/c1-13(2,3)15-10-11-8-6-7-9-12(11)14(4)5/h11-12H,6-10H2,1-5H3. The Morgan fingerprint density at radius 2 is 1.73 bits per heavy atom. The molecular formula is C13H27NO. The molecule has 0 amide bonds. The van der Waals surface area contributed by atoms with Crippen LogP contribution in [0.1, 0.15) is 46.5 Å². The van der Waals surface area contributed by atoms with Gasteiger partial charge in [0.25, 0.3) is 0 Å². The lowest BCUT2D eigenvalue weighted by atomic mass is 9.84. The van der Waals surface area contributed by atoms with Crippen molar-refractivity contribution in [3.05, 3.63) is 0 Å².